The molecule has 0 aromatic rings. The molecule has 0 bridgehead atoms. The zero-order chi connectivity index (χ0) is 16.7. The summed E-state index contributed by atoms with van der Waals surface area (Å²) in [6.45, 7) is 0. The normalized spacial score (nSPS) is 8.38. The molecule has 0 aromatic carbocycles. The Morgan fingerprint density at radius 1 is 0.667 bits per heavy atom. The average Bonchev–Trinajstić information content (AvgIpc) is 2.23. The SMILES string of the molecule is N=C(N)N.O.O=C(O)/C=C/C(=O)O.O=C(O)/C=C/C(=O)O. The fourth-order valence-corrected chi connectivity index (χ4v) is 0.285. The largest absolute Gasteiger partial charge is 0.478 e. The van der Waals surface area contributed by atoms with Crippen molar-refractivity contribution in [1.82, 2.24) is 0 Å². The molecule has 0 saturated carbocycles. The molecule has 12 nitrogen and oxygen atoms in total. The van der Waals surface area contributed by atoms with Gasteiger partial charge in [0.2, 0.25) is 0 Å². The maximum absolute atomic E-state index is 9.55. The van der Waals surface area contributed by atoms with Gasteiger partial charge in [0.1, 0.15) is 0 Å². The van der Waals surface area contributed by atoms with Gasteiger partial charge in [-0.2, -0.15) is 0 Å². The van der Waals surface area contributed by atoms with E-state index in [1.807, 2.05) is 0 Å². The molecule has 0 fully saturated rings. The van der Waals surface area contributed by atoms with E-state index in [0.717, 1.165) is 0 Å². The Morgan fingerprint density at radius 3 is 0.810 bits per heavy atom. The predicted molar refractivity (Wildman–Crippen MR) is 68.5 cm³/mol. The summed E-state index contributed by atoms with van der Waals surface area (Å²) in [5, 5.41) is 37.3. The minimum atomic E-state index is -1.26. The van der Waals surface area contributed by atoms with Gasteiger partial charge in [0.05, 0.1) is 0 Å². The number of nitrogens with two attached hydrogens (primary N) is 2. The highest BCUT2D eigenvalue weighted by molar-refractivity contribution is 5.90. The maximum atomic E-state index is 9.55. The van der Waals surface area contributed by atoms with Crippen molar-refractivity contribution in [3.05, 3.63) is 24.3 Å². The van der Waals surface area contributed by atoms with Gasteiger partial charge in [-0.1, -0.05) is 0 Å². The fraction of sp³-hybridized carbons (Fsp3) is 0. The first-order valence-electron chi connectivity index (χ1n) is 4.36. The number of carbonyl (C=O) groups is 4. The molecule has 0 radical (unpaired) electrons. The summed E-state index contributed by atoms with van der Waals surface area (Å²) in [5.74, 6) is -5.36. The Labute approximate surface area is 117 Å². The van der Waals surface area contributed by atoms with Crippen LogP contribution in [0.5, 0.6) is 0 Å². The Balaban J connectivity index is -0.000000107. The third-order valence-corrected chi connectivity index (χ3v) is 0.737. The third kappa shape index (κ3) is 81.3. The van der Waals surface area contributed by atoms with Gasteiger partial charge in [-0.15, -0.1) is 0 Å². The minimum Gasteiger partial charge on any atom is -0.478 e. The van der Waals surface area contributed by atoms with Gasteiger partial charge in [-0.25, -0.2) is 19.2 Å². The zero-order valence-corrected chi connectivity index (χ0v) is 10.4. The molecule has 0 aliphatic carbocycles. The van der Waals surface area contributed by atoms with Crippen molar-refractivity contribution in [3.63, 3.8) is 0 Å². The third-order valence-electron chi connectivity index (χ3n) is 0.737. The van der Waals surface area contributed by atoms with Crippen LogP contribution in [0, 0.1) is 5.41 Å². The quantitative estimate of drug-likeness (QED) is 0.162. The Hall–Kier alpha value is -3.41. The van der Waals surface area contributed by atoms with Gasteiger partial charge >= 0.3 is 23.9 Å². The van der Waals surface area contributed by atoms with Crippen LogP contribution < -0.4 is 11.5 Å². The molecular formula is C9H15N3O9. The molecule has 0 amide bonds. The van der Waals surface area contributed by atoms with E-state index in [9.17, 15) is 19.2 Å². The standard InChI is InChI=1S/2C4H4O4.CH5N3.H2O/c2*5-3(6)1-2-4(7)8;2-1(3)4;/h2*1-2H,(H,5,6)(H,7,8);(H5,2,3,4);1H2/b2*2-1+;;. The first-order chi connectivity index (χ1) is 8.98. The summed E-state index contributed by atoms with van der Waals surface area (Å²) in [6.07, 6.45) is 2.23. The molecule has 0 aliphatic rings. The zero-order valence-electron chi connectivity index (χ0n) is 10.4. The molecule has 21 heavy (non-hydrogen) atoms. The van der Waals surface area contributed by atoms with Crippen molar-refractivity contribution in [2.24, 2.45) is 11.5 Å². The van der Waals surface area contributed by atoms with E-state index < -0.39 is 23.9 Å². The Bertz CT molecular complexity index is 358. The Morgan fingerprint density at radius 2 is 0.762 bits per heavy atom. The van der Waals surface area contributed by atoms with Gasteiger partial charge in [-0.3, -0.25) is 5.41 Å². The van der Waals surface area contributed by atoms with Crippen molar-refractivity contribution in [1.29, 1.82) is 5.41 Å². The van der Waals surface area contributed by atoms with Gasteiger partial charge in [0.25, 0.3) is 0 Å². The van der Waals surface area contributed by atoms with E-state index >= 15 is 0 Å². The summed E-state index contributed by atoms with van der Waals surface area (Å²) in [5.41, 5.74) is 8.94. The highest BCUT2D eigenvalue weighted by atomic mass is 16.4. The van der Waals surface area contributed by atoms with Crippen LogP contribution in [0.15, 0.2) is 24.3 Å². The van der Waals surface area contributed by atoms with Crippen LogP contribution in [-0.4, -0.2) is 55.7 Å². The van der Waals surface area contributed by atoms with Crippen LogP contribution in [0.3, 0.4) is 0 Å². The van der Waals surface area contributed by atoms with Crippen LogP contribution in [0.25, 0.3) is 0 Å². The lowest BCUT2D eigenvalue weighted by atomic mass is 10.5. The molecule has 120 valence electrons. The molecule has 0 heterocycles. The Kier molecular flexibility index (Phi) is 20.7. The predicted octanol–water partition coefficient (Wildman–Crippen LogP) is -2.56. The first-order valence-corrected chi connectivity index (χ1v) is 4.36. The molecule has 0 aliphatic heterocycles. The van der Waals surface area contributed by atoms with Crippen molar-refractivity contribution in [2.45, 2.75) is 0 Å². The lowest BCUT2D eigenvalue weighted by molar-refractivity contribution is -0.134. The van der Waals surface area contributed by atoms with E-state index in [2.05, 4.69) is 11.5 Å². The molecular weight excluding hydrogens is 294 g/mol. The van der Waals surface area contributed by atoms with Crippen LogP contribution in [0.4, 0.5) is 0 Å². The van der Waals surface area contributed by atoms with E-state index in [4.69, 9.17) is 25.8 Å². The highest BCUT2D eigenvalue weighted by Crippen LogP contribution is 1.71. The second-order valence-electron chi connectivity index (χ2n) is 2.47. The highest BCUT2D eigenvalue weighted by Gasteiger charge is 1.88. The topological polar surface area (TPSA) is 257 Å². The van der Waals surface area contributed by atoms with Gasteiger partial charge in [0, 0.05) is 24.3 Å². The van der Waals surface area contributed by atoms with Gasteiger partial charge < -0.3 is 37.4 Å². The number of carboxylic acids is 4. The van der Waals surface area contributed by atoms with E-state index in [1.54, 1.807) is 0 Å². The number of aliphatic carboxylic acids is 4. The molecule has 0 aromatic heterocycles. The molecule has 0 atom stereocenters. The second-order valence-corrected chi connectivity index (χ2v) is 2.47. The number of carboxylic acid groups (broad SMARTS) is 4. The van der Waals surface area contributed by atoms with Crippen molar-refractivity contribution >= 4 is 29.8 Å². The van der Waals surface area contributed by atoms with Crippen molar-refractivity contribution in [3.8, 4) is 0 Å². The molecule has 0 spiro atoms. The fourth-order valence-electron chi connectivity index (χ4n) is 0.285. The summed E-state index contributed by atoms with van der Waals surface area (Å²) in [6, 6.07) is 0. The molecule has 11 N–H and O–H groups in total. The summed E-state index contributed by atoms with van der Waals surface area (Å²) in [4.78, 5) is 38.2. The molecule has 12 heteroatoms. The van der Waals surface area contributed by atoms with Crippen molar-refractivity contribution < 1.29 is 45.1 Å². The smallest absolute Gasteiger partial charge is 0.328 e. The van der Waals surface area contributed by atoms with Crippen LogP contribution >= 0.6 is 0 Å². The first kappa shape index (κ1) is 26.2. The summed E-state index contributed by atoms with van der Waals surface area (Å²) < 4.78 is 0. The van der Waals surface area contributed by atoms with Crippen LogP contribution in [0.2, 0.25) is 0 Å². The lowest BCUT2D eigenvalue weighted by Crippen LogP contribution is -2.20. The van der Waals surface area contributed by atoms with Crippen LogP contribution in [-0.2, 0) is 19.2 Å². The minimum absolute atomic E-state index is 0. The summed E-state index contributed by atoms with van der Waals surface area (Å²) >= 11 is 0. The maximum Gasteiger partial charge on any atom is 0.328 e. The summed E-state index contributed by atoms with van der Waals surface area (Å²) in [7, 11) is 0. The monoisotopic (exact) mass is 309 g/mol. The second kappa shape index (κ2) is 16.6. The van der Waals surface area contributed by atoms with Crippen molar-refractivity contribution in [2.75, 3.05) is 0 Å². The van der Waals surface area contributed by atoms with E-state index in [1.165, 1.54) is 0 Å². The number of rotatable bonds is 4. The number of guanidine groups is 1. The molecule has 0 rings (SSSR count). The number of hydrogen-bond acceptors (Lipinski definition) is 5. The average molecular weight is 309 g/mol. The number of nitrogens with one attached hydrogen (secondary N) is 1. The van der Waals surface area contributed by atoms with E-state index in [0.29, 0.717) is 24.3 Å². The van der Waals surface area contributed by atoms with Crippen LogP contribution in [0.1, 0.15) is 0 Å². The number of hydrogen-bond donors (Lipinski definition) is 7. The van der Waals surface area contributed by atoms with Gasteiger partial charge in [-0.05, 0) is 0 Å². The molecule has 0 saturated heterocycles. The molecule has 0 unspecified atom stereocenters. The van der Waals surface area contributed by atoms with Gasteiger partial charge in [0.15, 0.2) is 5.96 Å². The lowest BCUT2D eigenvalue weighted by Gasteiger charge is -1.74. The van der Waals surface area contributed by atoms with E-state index in [-0.39, 0.29) is 11.4 Å².